The van der Waals surface area contributed by atoms with Crippen LogP contribution in [-0.4, -0.2) is 20.8 Å². The summed E-state index contributed by atoms with van der Waals surface area (Å²) in [4.78, 5) is 31.5. The standard InChI is InChI=1S/C16H13N3O2S/c1-22-12-7-5-11(6-8-12)13-10-15(20)18-16(21)19(13)14-4-2-3-9-17-14/h2-10H,1H3,(H,18,20,21). The highest BCUT2D eigenvalue weighted by atomic mass is 32.2. The van der Waals surface area contributed by atoms with Crippen LogP contribution in [0, 0.1) is 0 Å². The molecule has 6 heteroatoms. The van der Waals surface area contributed by atoms with Gasteiger partial charge in [0.1, 0.15) is 5.82 Å². The lowest BCUT2D eigenvalue weighted by Gasteiger charge is -2.11. The minimum atomic E-state index is -0.504. The predicted molar refractivity (Wildman–Crippen MR) is 87.7 cm³/mol. The molecule has 1 N–H and O–H groups in total. The maximum Gasteiger partial charge on any atom is 0.334 e. The van der Waals surface area contributed by atoms with Crippen LogP contribution < -0.4 is 11.2 Å². The molecule has 0 aliphatic rings. The maximum absolute atomic E-state index is 12.2. The smallest absolute Gasteiger partial charge is 0.274 e. The van der Waals surface area contributed by atoms with Crippen molar-refractivity contribution in [3.63, 3.8) is 0 Å². The average Bonchev–Trinajstić information content (AvgIpc) is 2.55. The molecular weight excluding hydrogens is 298 g/mol. The van der Waals surface area contributed by atoms with Crippen molar-refractivity contribution < 1.29 is 0 Å². The van der Waals surface area contributed by atoms with Gasteiger partial charge in [-0.15, -0.1) is 11.8 Å². The number of hydrogen-bond acceptors (Lipinski definition) is 4. The van der Waals surface area contributed by atoms with Crippen molar-refractivity contribution in [2.75, 3.05) is 6.26 Å². The first-order valence-corrected chi connectivity index (χ1v) is 7.84. The van der Waals surface area contributed by atoms with E-state index >= 15 is 0 Å². The van der Waals surface area contributed by atoms with E-state index in [1.165, 1.54) is 10.6 Å². The number of nitrogens with zero attached hydrogens (tertiary/aromatic N) is 2. The third-order valence-corrected chi connectivity index (χ3v) is 3.95. The zero-order valence-corrected chi connectivity index (χ0v) is 12.6. The first-order valence-electron chi connectivity index (χ1n) is 6.61. The molecule has 22 heavy (non-hydrogen) atoms. The summed E-state index contributed by atoms with van der Waals surface area (Å²) in [6.07, 6.45) is 3.60. The Kier molecular flexibility index (Phi) is 3.93. The Morgan fingerprint density at radius 2 is 1.86 bits per heavy atom. The molecule has 0 fully saturated rings. The highest BCUT2D eigenvalue weighted by Crippen LogP contribution is 2.22. The van der Waals surface area contributed by atoms with E-state index in [0.29, 0.717) is 11.5 Å². The van der Waals surface area contributed by atoms with E-state index in [-0.39, 0.29) is 0 Å². The molecule has 0 unspecified atom stereocenters. The summed E-state index contributed by atoms with van der Waals surface area (Å²) < 4.78 is 1.40. The Balaban J connectivity index is 2.26. The molecule has 0 aliphatic carbocycles. The van der Waals surface area contributed by atoms with Crippen LogP contribution in [0.2, 0.25) is 0 Å². The lowest BCUT2D eigenvalue weighted by Crippen LogP contribution is -2.30. The molecule has 0 atom stereocenters. The summed E-state index contributed by atoms with van der Waals surface area (Å²) in [5.41, 5.74) is 0.364. The molecule has 0 bridgehead atoms. The normalized spacial score (nSPS) is 10.6. The molecule has 0 saturated heterocycles. The van der Waals surface area contributed by atoms with Gasteiger partial charge in [-0.05, 0) is 36.1 Å². The van der Waals surface area contributed by atoms with Crippen molar-refractivity contribution in [3.8, 4) is 17.1 Å². The van der Waals surface area contributed by atoms with E-state index in [9.17, 15) is 9.59 Å². The highest BCUT2D eigenvalue weighted by molar-refractivity contribution is 7.98. The number of thioether (sulfide) groups is 1. The Hall–Kier alpha value is -2.60. The molecule has 0 saturated carbocycles. The summed E-state index contributed by atoms with van der Waals surface area (Å²) in [5, 5.41) is 0. The largest absolute Gasteiger partial charge is 0.334 e. The van der Waals surface area contributed by atoms with Crippen molar-refractivity contribution in [2.45, 2.75) is 4.90 Å². The molecule has 3 aromatic rings. The Morgan fingerprint density at radius 1 is 1.09 bits per heavy atom. The van der Waals surface area contributed by atoms with Gasteiger partial charge in [-0.2, -0.15) is 0 Å². The maximum atomic E-state index is 12.2. The lowest BCUT2D eigenvalue weighted by atomic mass is 10.1. The molecule has 0 aliphatic heterocycles. The van der Waals surface area contributed by atoms with E-state index in [1.54, 1.807) is 36.2 Å². The number of hydrogen-bond donors (Lipinski definition) is 1. The first kappa shape index (κ1) is 14.3. The second kappa shape index (κ2) is 6.03. The van der Waals surface area contributed by atoms with Gasteiger partial charge in [0.15, 0.2) is 0 Å². The number of H-pyrrole nitrogens is 1. The van der Waals surface area contributed by atoms with E-state index in [1.807, 2.05) is 30.5 Å². The van der Waals surface area contributed by atoms with Crippen LogP contribution in [0.4, 0.5) is 0 Å². The molecule has 5 nitrogen and oxygen atoms in total. The second-order valence-corrected chi connectivity index (χ2v) is 5.46. The fourth-order valence-corrected chi connectivity index (χ4v) is 2.59. The number of benzene rings is 1. The van der Waals surface area contributed by atoms with Crippen LogP contribution in [0.15, 0.2) is 69.2 Å². The van der Waals surface area contributed by atoms with E-state index < -0.39 is 11.2 Å². The van der Waals surface area contributed by atoms with Gasteiger partial charge in [-0.3, -0.25) is 9.78 Å². The molecule has 1 aromatic carbocycles. The fourth-order valence-electron chi connectivity index (χ4n) is 2.18. The van der Waals surface area contributed by atoms with Crippen LogP contribution in [-0.2, 0) is 0 Å². The van der Waals surface area contributed by atoms with Crippen molar-refractivity contribution in [1.29, 1.82) is 0 Å². The Morgan fingerprint density at radius 3 is 2.50 bits per heavy atom. The van der Waals surface area contributed by atoms with Gasteiger partial charge >= 0.3 is 5.69 Å². The van der Waals surface area contributed by atoms with Gasteiger partial charge in [-0.25, -0.2) is 14.3 Å². The van der Waals surface area contributed by atoms with Crippen LogP contribution in [0.1, 0.15) is 0 Å². The molecule has 0 amide bonds. The van der Waals surface area contributed by atoms with Gasteiger partial charge in [0.05, 0.1) is 5.69 Å². The molecule has 110 valence electrons. The monoisotopic (exact) mass is 311 g/mol. The van der Waals surface area contributed by atoms with Crippen molar-refractivity contribution in [2.24, 2.45) is 0 Å². The number of pyridine rings is 1. The summed E-state index contributed by atoms with van der Waals surface area (Å²) in [6, 6.07) is 14.4. The number of nitrogens with one attached hydrogen (secondary N) is 1. The lowest BCUT2D eigenvalue weighted by molar-refractivity contribution is 0.876. The molecule has 0 radical (unpaired) electrons. The third kappa shape index (κ3) is 2.73. The van der Waals surface area contributed by atoms with E-state index in [2.05, 4.69) is 9.97 Å². The molecule has 2 heterocycles. The quantitative estimate of drug-likeness (QED) is 0.754. The summed E-state index contributed by atoms with van der Waals surface area (Å²) in [6.45, 7) is 0. The summed E-state index contributed by atoms with van der Waals surface area (Å²) in [7, 11) is 0. The van der Waals surface area contributed by atoms with Crippen molar-refractivity contribution >= 4 is 11.8 Å². The van der Waals surface area contributed by atoms with Crippen LogP contribution in [0.5, 0.6) is 0 Å². The van der Waals surface area contributed by atoms with Crippen LogP contribution in [0.25, 0.3) is 17.1 Å². The van der Waals surface area contributed by atoms with Crippen LogP contribution >= 0.6 is 11.8 Å². The number of aromatic amines is 1. The predicted octanol–water partition coefficient (Wildman–Crippen LogP) is 2.31. The van der Waals surface area contributed by atoms with Gasteiger partial charge in [0.2, 0.25) is 0 Å². The SMILES string of the molecule is CSc1ccc(-c2cc(=O)[nH]c(=O)n2-c2ccccn2)cc1. The first-order chi connectivity index (χ1) is 10.7. The Bertz CT molecular complexity index is 899. The van der Waals surface area contributed by atoms with Crippen molar-refractivity contribution in [3.05, 3.63) is 75.6 Å². The average molecular weight is 311 g/mol. The van der Waals surface area contributed by atoms with Gasteiger partial charge in [-0.1, -0.05) is 18.2 Å². The zero-order chi connectivity index (χ0) is 15.5. The molecule has 3 rings (SSSR count). The van der Waals surface area contributed by atoms with Crippen LogP contribution in [0.3, 0.4) is 0 Å². The summed E-state index contributed by atoms with van der Waals surface area (Å²) >= 11 is 1.63. The zero-order valence-electron chi connectivity index (χ0n) is 11.8. The molecule has 2 aromatic heterocycles. The Labute approximate surface area is 130 Å². The minimum Gasteiger partial charge on any atom is -0.274 e. The summed E-state index contributed by atoms with van der Waals surface area (Å²) in [5.74, 6) is 0.465. The fraction of sp³-hybridized carbons (Fsp3) is 0.0625. The molecular formula is C16H13N3O2S. The third-order valence-electron chi connectivity index (χ3n) is 3.21. The van der Waals surface area contributed by atoms with Gasteiger partial charge in [0, 0.05) is 17.2 Å². The highest BCUT2D eigenvalue weighted by Gasteiger charge is 2.11. The topological polar surface area (TPSA) is 67.8 Å². The van der Waals surface area contributed by atoms with E-state index in [4.69, 9.17) is 0 Å². The second-order valence-electron chi connectivity index (χ2n) is 4.58. The van der Waals surface area contributed by atoms with Gasteiger partial charge in [0.25, 0.3) is 5.56 Å². The van der Waals surface area contributed by atoms with E-state index in [0.717, 1.165) is 10.5 Å². The molecule has 0 spiro atoms. The minimum absolute atomic E-state index is 0.430. The van der Waals surface area contributed by atoms with Crippen molar-refractivity contribution in [1.82, 2.24) is 14.5 Å². The number of rotatable bonds is 3. The number of aromatic nitrogens is 3. The van der Waals surface area contributed by atoms with Gasteiger partial charge < -0.3 is 0 Å².